The van der Waals surface area contributed by atoms with Crippen LogP contribution in [0.2, 0.25) is 0 Å². The van der Waals surface area contributed by atoms with E-state index in [4.69, 9.17) is 9.47 Å². The molecule has 0 saturated heterocycles. The van der Waals surface area contributed by atoms with Crippen LogP contribution in [0.25, 0.3) is 0 Å². The van der Waals surface area contributed by atoms with E-state index in [0.29, 0.717) is 11.5 Å². The van der Waals surface area contributed by atoms with E-state index >= 15 is 0 Å². The van der Waals surface area contributed by atoms with Crippen molar-refractivity contribution in [3.63, 3.8) is 0 Å². The standard InChI is InChI=1S/C15H10O2S/c1-16-14-6-5-12(9-15(10-14)17-2)3-4-13-7-8-18-11-13/h6,9-11H,1-2H3. The number of hydrogen-bond donors (Lipinski definition) is 0. The molecule has 0 N–H and O–H groups in total. The lowest BCUT2D eigenvalue weighted by molar-refractivity contribution is 0.285. The van der Waals surface area contributed by atoms with Gasteiger partial charge in [0.15, 0.2) is 0 Å². The molecule has 1 heterocycles. The van der Waals surface area contributed by atoms with Gasteiger partial charge in [-0.2, -0.15) is 0 Å². The third-order valence-corrected chi connectivity index (χ3v) is 2.74. The van der Waals surface area contributed by atoms with Crippen LogP contribution in [0.4, 0.5) is 0 Å². The Balaban J connectivity index is 2.31. The topological polar surface area (TPSA) is 18.5 Å². The summed E-state index contributed by atoms with van der Waals surface area (Å²) in [5.74, 6) is 7.35. The maximum absolute atomic E-state index is 5.21. The second kappa shape index (κ2) is 5.84. The van der Waals surface area contributed by atoms with E-state index in [1.165, 1.54) is 11.3 Å². The Morgan fingerprint density at radius 2 is 1.94 bits per heavy atom. The zero-order chi connectivity index (χ0) is 12.8. The van der Waals surface area contributed by atoms with Crippen molar-refractivity contribution in [2.75, 3.05) is 14.2 Å². The summed E-state index contributed by atoms with van der Waals surface area (Å²) in [6.07, 6.45) is 5.33. The van der Waals surface area contributed by atoms with Crippen molar-refractivity contribution in [1.29, 1.82) is 0 Å². The van der Waals surface area contributed by atoms with E-state index in [-0.39, 0.29) is 0 Å². The van der Waals surface area contributed by atoms with Crippen molar-refractivity contribution >= 4 is 11.3 Å². The van der Waals surface area contributed by atoms with Gasteiger partial charge in [0.05, 0.1) is 25.4 Å². The SMILES string of the molecule is COC1=CC(C#Cc2c#csc2)=C=CC(OC)=C1. The van der Waals surface area contributed by atoms with Crippen LogP contribution in [0.15, 0.2) is 46.4 Å². The Kier molecular flexibility index (Phi) is 3.94. The molecule has 0 bridgehead atoms. The number of allylic oxidation sites excluding steroid dienone is 3. The van der Waals surface area contributed by atoms with Crippen LogP contribution in [0.5, 0.6) is 0 Å². The maximum atomic E-state index is 5.21. The normalized spacial score (nSPS) is 13.1. The minimum absolute atomic E-state index is 0.676. The van der Waals surface area contributed by atoms with Gasteiger partial charge in [-0.05, 0) is 11.4 Å². The van der Waals surface area contributed by atoms with Gasteiger partial charge in [-0.1, -0.05) is 28.9 Å². The van der Waals surface area contributed by atoms with Crippen molar-refractivity contribution in [3.05, 3.63) is 63.4 Å². The van der Waals surface area contributed by atoms with E-state index in [1.54, 1.807) is 26.4 Å². The molecule has 1 aliphatic carbocycles. The van der Waals surface area contributed by atoms with Crippen LogP contribution in [0.1, 0.15) is 5.56 Å². The summed E-state index contributed by atoms with van der Waals surface area (Å²) < 4.78 is 10.4. The number of hydrogen-bond acceptors (Lipinski definition) is 3. The largest absolute Gasteiger partial charge is 0.497 e. The molecule has 0 amide bonds. The summed E-state index contributed by atoms with van der Waals surface area (Å²) in [5, 5.41) is 4.77. The predicted molar refractivity (Wildman–Crippen MR) is 70.6 cm³/mol. The summed E-state index contributed by atoms with van der Waals surface area (Å²) in [6.45, 7) is 0. The van der Waals surface area contributed by atoms with Gasteiger partial charge in [0.1, 0.15) is 11.5 Å². The molecule has 1 aromatic heterocycles. The number of ether oxygens (including phenoxy) is 2. The molecule has 0 saturated carbocycles. The second-order valence-corrected chi connectivity index (χ2v) is 4.01. The van der Waals surface area contributed by atoms with Crippen molar-refractivity contribution in [3.8, 4) is 11.8 Å². The summed E-state index contributed by atoms with van der Waals surface area (Å²) >= 11 is 1.45. The quantitative estimate of drug-likeness (QED) is 0.597. The lowest BCUT2D eigenvalue weighted by Gasteiger charge is -2.00. The fraction of sp³-hybridized carbons (Fsp3) is 0.133. The Morgan fingerprint density at radius 3 is 2.61 bits per heavy atom. The van der Waals surface area contributed by atoms with Gasteiger partial charge in [0.25, 0.3) is 0 Å². The average molecular weight is 254 g/mol. The van der Waals surface area contributed by atoms with Crippen molar-refractivity contribution in [2.45, 2.75) is 0 Å². The van der Waals surface area contributed by atoms with Crippen LogP contribution in [0, 0.1) is 23.3 Å². The van der Waals surface area contributed by atoms with Gasteiger partial charge in [-0.15, -0.1) is 0 Å². The fourth-order valence-corrected chi connectivity index (χ4v) is 1.73. The predicted octanol–water partition coefficient (Wildman–Crippen LogP) is 2.86. The molecule has 1 aromatic rings. The first-order valence-corrected chi connectivity index (χ1v) is 6.06. The van der Waals surface area contributed by atoms with E-state index in [9.17, 15) is 0 Å². The zero-order valence-corrected chi connectivity index (χ0v) is 10.9. The van der Waals surface area contributed by atoms with Crippen LogP contribution in [-0.4, -0.2) is 14.2 Å². The van der Waals surface area contributed by atoms with Crippen molar-refractivity contribution in [2.24, 2.45) is 0 Å². The Bertz CT molecular complexity index is 601. The third kappa shape index (κ3) is 3.09. The minimum Gasteiger partial charge on any atom is -0.497 e. The van der Waals surface area contributed by atoms with Crippen LogP contribution < -0.4 is 0 Å². The van der Waals surface area contributed by atoms with Gasteiger partial charge in [-0.3, -0.25) is 0 Å². The van der Waals surface area contributed by atoms with Crippen LogP contribution in [-0.2, 0) is 9.47 Å². The molecule has 0 fully saturated rings. The molecule has 88 valence electrons. The molecule has 0 radical (unpaired) electrons. The molecule has 2 rings (SSSR count). The molecule has 0 atom stereocenters. The Hall–Kier alpha value is -2.32. The molecular formula is C15H10O2S. The fourth-order valence-electron chi connectivity index (χ4n) is 1.26. The minimum atomic E-state index is 0.676. The summed E-state index contributed by atoms with van der Waals surface area (Å²) in [7, 11) is 3.21. The molecule has 0 unspecified atom stereocenters. The average Bonchev–Trinajstić information content (AvgIpc) is 2.83. The summed E-state index contributed by atoms with van der Waals surface area (Å²) in [6, 6.07) is 2.92. The van der Waals surface area contributed by atoms with E-state index in [0.717, 1.165) is 11.1 Å². The van der Waals surface area contributed by atoms with E-state index in [2.05, 4.69) is 29.0 Å². The molecule has 0 aliphatic heterocycles. The smallest absolute Gasteiger partial charge is 0.130 e. The van der Waals surface area contributed by atoms with Crippen LogP contribution in [0.3, 0.4) is 0 Å². The number of rotatable bonds is 2. The zero-order valence-electron chi connectivity index (χ0n) is 10.0. The van der Waals surface area contributed by atoms with Gasteiger partial charge in [0.2, 0.25) is 0 Å². The van der Waals surface area contributed by atoms with Crippen molar-refractivity contribution in [1.82, 2.24) is 0 Å². The van der Waals surface area contributed by atoms with E-state index in [1.807, 2.05) is 11.5 Å². The van der Waals surface area contributed by atoms with Gasteiger partial charge < -0.3 is 9.47 Å². The van der Waals surface area contributed by atoms with Gasteiger partial charge in [0, 0.05) is 23.6 Å². The lowest BCUT2D eigenvalue weighted by atomic mass is 10.2. The first-order chi connectivity index (χ1) is 8.81. The molecule has 18 heavy (non-hydrogen) atoms. The molecule has 0 spiro atoms. The first-order valence-electron chi connectivity index (χ1n) is 5.19. The molecule has 3 heteroatoms. The van der Waals surface area contributed by atoms with Crippen LogP contribution >= 0.6 is 11.3 Å². The highest BCUT2D eigenvalue weighted by Gasteiger charge is 2.01. The first kappa shape index (κ1) is 12.1. The Morgan fingerprint density at radius 1 is 1.11 bits per heavy atom. The summed E-state index contributed by atoms with van der Waals surface area (Å²) in [4.78, 5) is 0. The number of methoxy groups -OCH3 is 2. The van der Waals surface area contributed by atoms with E-state index < -0.39 is 0 Å². The Labute approximate surface area is 111 Å². The molecular weight excluding hydrogens is 244 g/mol. The highest BCUT2D eigenvalue weighted by atomic mass is 32.1. The van der Waals surface area contributed by atoms with Gasteiger partial charge in [-0.25, -0.2) is 0 Å². The van der Waals surface area contributed by atoms with Gasteiger partial charge >= 0.3 is 0 Å². The molecule has 0 aromatic carbocycles. The monoisotopic (exact) mass is 254 g/mol. The van der Waals surface area contributed by atoms with Crippen molar-refractivity contribution < 1.29 is 9.47 Å². The lowest BCUT2D eigenvalue weighted by Crippen LogP contribution is -1.86. The molecule has 1 aliphatic rings. The summed E-state index contributed by atoms with van der Waals surface area (Å²) in [5.41, 5.74) is 4.61. The third-order valence-electron chi connectivity index (χ3n) is 2.17. The maximum Gasteiger partial charge on any atom is 0.130 e. The highest BCUT2D eigenvalue weighted by molar-refractivity contribution is 7.06. The second-order valence-electron chi connectivity index (χ2n) is 3.33. The highest BCUT2D eigenvalue weighted by Crippen LogP contribution is 2.12. The molecule has 2 nitrogen and oxygen atoms in total.